The van der Waals surface area contributed by atoms with E-state index in [1.165, 1.54) is 0 Å². The highest BCUT2D eigenvalue weighted by Crippen LogP contribution is 2.21. The predicted octanol–water partition coefficient (Wildman–Crippen LogP) is 3.77. The maximum absolute atomic E-state index is 13.8. The molecule has 0 spiro atoms. The Balaban J connectivity index is 1.55. The second-order valence-electron chi connectivity index (χ2n) is 7.06. The van der Waals surface area contributed by atoms with Gasteiger partial charge in [0.25, 0.3) is 5.91 Å². The zero-order valence-electron chi connectivity index (χ0n) is 16.5. The van der Waals surface area contributed by atoms with Crippen molar-refractivity contribution in [2.45, 2.75) is 11.4 Å². The summed E-state index contributed by atoms with van der Waals surface area (Å²) in [5.74, 6) is -1.40. The molecule has 2 aromatic heterocycles. The highest BCUT2D eigenvalue weighted by molar-refractivity contribution is 7.90. The van der Waals surface area contributed by atoms with Crippen LogP contribution in [-0.2, 0) is 16.4 Å². The number of hydrogen-bond donors (Lipinski definition) is 1. The molecule has 0 aliphatic rings. The molecule has 4 rings (SSSR count). The van der Waals surface area contributed by atoms with Crippen LogP contribution in [0.25, 0.3) is 22.2 Å². The molecular formula is C23H18FN3O3S. The largest absolute Gasteiger partial charge is 0.346 e. The lowest BCUT2D eigenvalue weighted by molar-refractivity contribution is 0.0949. The molecular weight excluding hydrogens is 417 g/mol. The van der Waals surface area contributed by atoms with E-state index in [0.717, 1.165) is 46.6 Å². The normalized spacial score (nSPS) is 11.4. The number of carbonyl (C=O) groups excluding carboxylic acids is 1. The molecule has 156 valence electrons. The third kappa shape index (κ3) is 4.75. The summed E-state index contributed by atoms with van der Waals surface area (Å²) < 4.78 is 37.1. The van der Waals surface area contributed by atoms with E-state index in [0.29, 0.717) is 5.69 Å². The number of amides is 1. The lowest BCUT2D eigenvalue weighted by Crippen LogP contribution is -2.23. The summed E-state index contributed by atoms with van der Waals surface area (Å²) in [4.78, 5) is 21.2. The van der Waals surface area contributed by atoms with Crippen LogP contribution in [-0.4, -0.2) is 30.5 Å². The Hall–Kier alpha value is -3.65. The van der Waals surface area contributed by atoms with E-state index in [9.17, 15) is 17.6 Å². The van der Waals surface area contributed by atoms with Gasteiger partial charge in [0.2, 0.25) is 0 Å². The maximum Gasteiger partial charge on any atom is 0.251 e. The number of sulfone groups is 1. The zero-order valence-corrected chi connectivity index (χ0v) is 17.4. The fraction of sp³-hybridized carbons (Fsp3) is 0.0870. The Labute approximate surface area is 178 Å². The van der Waals surface area contributed by atoms with E-state index in [1.807, 2.05) is 42.5 Å². The van der Waals surface area contributed by atoms with Gasteiger partial charge in [0.05, 0.1) is 28.3 Å². The molecule has 0 bridgehead atoms. The van der Waals surface area contributed by atoms with Gasteiger partial charge in [-0.25, -0.2) is 17.8 Å². The highest BCUT2D eigenvalue weighted by Gasteiger charge is 2.14. The van der Waals surface area contributed by atoms with Gasteiger partial charge in [-0.3, -0.25) is 9.78 Å². The van der Waals surface area contributed by atoms with Crippen molar-refractivity contribution in [2.75, 3.05) is 6.26 Å². The summed E-state index contributed by atoms with van der Waals surface area (Å²) in [6, 6.07) is 18.4. The molecule has 0 unspecified atom stereocenters. The van der Waals surface area contributed by atoms with Gasteiger partial charge in [-0.1, -0.05) is 30.3 Å². The first-order chi connectivity index (χ1) is 14.8. The Morgan fingerprint density at radius 3 is 2.55 bits per heavy atom. The smallest absolute Gasteiger partial charge is 0.251 e. The second kappa shape index (κ2) is 8.23. The average molecular weight is 435 g/mol. The number of nitrogens with zero attached hydrogens (tertiary/aromatic N) is 2. The first kappa shape index (κ1) is 20.6. The minimum atomic E-state index is -3.64. The SMILES string of the molecule is CS(=O)(=O)c1cc(F)cc(C(=O)NCc2cc3nc(-c4ccccc4)ccc3cn2)c1. The minimum absolute atomic E-state index is 0.0781. The van der Waals surface area contributed by atoms with Crippen LogP contribution < -0.4 is 5.32 Å². The number of halogens is 1. The molecule has 31 heavy (non-hydrogen) atoms. The van der Waals surface area contributed by atoms with E-state index < -0.39 is 21.6 Å². The third-order valence-electron chi connectivity index (χ3n) is 4.69. The number of benzene rings is 2. The van der Waals surface area contributed by atoms with Crippen LogP contribution in [0.2, 0.25) is 0 Å². The second-order valence-corrected chi connectivity index (χ2v) is 9.08. The average Bonchev–Trinajstić information content (AvgIpc) is 2.76. The van der Waals surface area contributed by atoms with E-state index >= 15 is 0 Å². The lowest BCUT2D eigenvalue weighted by Gasteiger charge is -2.08. The van der Waals surface area contributed by atoms with Crippen molar-refractivity contribution < 1.29 is 17.6 Å². The van der Waals surface area contributed by atoms with Gasteiger partial charge >= 0.3 is 0 Å². The molecule has 1 N–H and O–H groups in total. The molecule has 8 heteroatoms. The monoisotopic (exact) mass is 435 g/mol. The Bertz CT molecular complexity index is 1390. The molecule has 6 nitrogen and oxygen atoms in total. The van der Waals surface area contributed by atoms with Gasteiger partial charge in [0.1, 0.15) is 5.82 Å². The van der Waals surface area contributed by atoms with E-state index in [-0.39, 0.29) is 17.0 Å². The number of carbonyl (C=O) groups is 1. The van der Waals surface area contributed by atoms with Crippen LogP contribution in [0.1, 0.15) is 16.1 Å². The van der Waals surface area contributed by atoms with Crippen molar-refractivity contribution in [1.29, 1.82) is 0 Å². The van der Waals surface area contributed by atoms with Crippen molar-refractivity contribution in [2.24, 2.45) is 0 Å². The molecule has 2 aromatic carbocycles. The van der Waals surface area contributed by atoms with Gasteiger partial charge in [-0.15, -0.1) is 0 Å². The summed E-state index contributed by atoms with van der Waals surface area (Å²) >= 11 is 0. The molecule has 2 heterocycles. The van der Waals surface area contributed by atoms with Crippen LogP contribution in [0.3, 0.4) is 0 Å². The van der Waals surface area contributed by atoms with Crippen LogP contribution in [0.5, 0.6) is 0 Å². The van der Waals surface area contributed by atoms with E-state index in [1.54, 1.807) is 12.3 Å². The van der Waals surface area contributed by atoms with Crippen LogP contribution >= 0.6 is 0 Å². The van der Waals surface area contributed by atoms with Gasteiger partial charge in [0.15, 0.2) is 9.84 Å². The summed E-state index contributed by atoms with van der Waals surface area (Å²) in [7, 11) is -3.64. The number of nitrogens with one attached hydrogen (secondary N) is 1. The van der Waals surface area contributed by atoms with Crippen molar-refractivity contribution in [3.05, 3.63) is 90.0 Å². The molecule has 0 saturated carbocycles. The Morgan fingerprint density at radius 1 is 1.03 bits per heavy atom. The fourth-order valence-electron chi connectivity index (χ4n) is 3.11. The number of rotatable bonds is 5. The maximum atomic E-state index is 13.8. The molecule has 0 aliphatic heterocycles. The van der Waals surface area contributed by atoms with Crippen molar-refractivity contribution >= 4 is 26.6 Å². The summed E-state index contributed by atoms with van der Waals surface area (Å²) in [6.45, 7) is 0.0801. The molecule has 0 radical (unpaired) electrons. The number of hydrogen-bond acceptors (Lipinski definition) is 5. The van der Waals surface area contributed by atoms with Gasteiger partial charge in [-0.2, -0.15) is 0 Å². The van der Waals surface area contributed by atoms with Crippen molar-refractivity contribution in [3.8, 4) is 11.3 Å². The van der Waals surface area contributed by atoms with Crippen molar-refractivity contribution in [1.82, 2.24) is 15.3 Å². The van der Waals surface area contributed by atoms with Gasteiger partial charge in [0, 0.05) is 29.0 Å². The first-order valence-corrected chi connectivity index (χ1v) is 11.3. The number of pyridine rings is 2. The fourth-order valence-corrected chi connectivity index (χ4v) is 3.77. The lowest BCUT2D eigenvalue weighted by atomic mass is 10.1. The van der Waals surface area contributed by atoms with Gasteiger partial charge in [-0.05, 0) is 36.4 Å². The topological polar surface area (TPSA) is 89.0 Å². The summed E-state index contributed by atoms with van der Waals surface area (Å²) in [6.07, 6.45) is 2.63. The zero-order chi connectivity index (χ0) is 22.0. The predicted molar refractivity (Wildman–Crippen MR) is 116 cm³/mol. The quantitative estimate of drug-likeness (QED) is 0.516. The molecule has 0 aliphatic carbocycles. The molecule has 0 atom stereocenters. The molecule has 1 amide bonds. The summed E-state index contributed by atoms with van der Waals surface area (Å²) in [5, 5.41) is 3.50. The van der Waals surface area contributed by atoms with Crippen LogP contribution in [0.4, 0.5) is 4.39 Å². The number of fused-ring (bicyclic) bond motifs is 1. The molecule has 0 saturated heterocycles. The third-order valence-corrected chi connectivity index (χ3v) is 5.78. The molecule has 0 fully saturated rings. The highest BCUT2D eigenvalue weighted by atomic mass is 32.2. The Morgan fingerprint density at radius 2 is 1.81 bits per heavy atom. The van der Waals surface area contributed by atoms with Gasteiger partial charge < -0.3 is 5.32 Å². The number of aromatic nitrogens is 2. The van der Waals surface area contributed by atoms with E-state index in [4.69, 9.17) is 0 Å². The first-order valence-electron chi connectivity index (χ1n) is 9.39. The Kier molecular flexibility index (Phi) is 5.48. The standard InChI is InChI=1S/C23H18FN3O3S/c1-31(29,30)20-10-17(9-18(24)11-20)23(28)26-14-19-12-22-16(13-25-19)7-8-21(27-22)15-5-3-2-4-6-15/h2-13H,14H2,1H3,(H,26,28). The van der Waals surface area contributed by atoms with Crippen LogP contribution in [0, 0.1) is 5.82 Å². The van der Waals surface area contributed by atoms with Crippen molar-refractivity contribution in [3.63, 3.8) is 0 Å². The van der Waals surface area contributed by atoms with E-state index in [2.05, 4.69) is 15.3 Å². The summed E-state index contributed by atoms with van der Waals surface area (Å²) in [5.41, 5.74) is 3.03. The van der Waals surface area contributed by atoms with Crippen LogP contribution in [0.15, 0.2) is 77.8 Å². The minimum Gasteiger partial charge on any atom is -0.346 e. The molecule has 4 aromatic rings.